The molecular weight excluding hydrogens is 316 g/mol. The Bertz CT molecular complexity index is 812. The van der Waals surface area contributed by atoms with Crippen molar-refractivity contribution in [2.75, 3.05) is 19.7 Å². The van der Waals surface area contributed by atoms with E-state index in [2.05, 4.69) is 33.2 Å². The van der Waals surface area contributed by atoms with Gasteiger partial charge in [-0.1, -0.05) is 18.2 Å². The average Bonchev–Trinajstić information content (AvgIpc) is 3.32. The molecule has 1 atom stereocenters. The Balaban J connectivity index is 1.41. The Morgan fingerprint density at radius 1 is 1.24 bits per heavy atom. The summed E-state index contributed by atoms with van der Waals surface area (Å²) >= 11 is 0. The van der Waals surface area contributed by atoms with Crippen LogP contribution in [-0.2, 0) is 17.8 Å². The molecule has 130 valence electrons. The zero-order chi connectivity index (χ0) is 17.1. The van der Waals surface area contributed by atoms with E-state index in [-0.39, 0.29) is 6.10 Å². The van der Waals surface area contributed by atoms with Gasteiger partial charge in [-0.15, -0.1) is 5.10 Å². The molecule has 1 aromatic carbocycles. The summed E-state index contributed by atoms with van der Waals surface area (Å²) in [6.45, 7) is 6.10. The van der Waals surface area contributed by atoms with Gasteiger partial charge >= 0.3 is 0 Å². The maximum absolute atomic E-state index is 5.92. The van der Waals surface area contributed by atoms with Gasteiger partial charge in [-0.05, 0) is 19.1 Å². The van der Waals surface area contributed by atoms with Crippen molar-refractivity contribution in [2.45, 2.75) is 26.1 Å². The summed E-state index contributed by atoms with van der Waals surface area (Å²) in [4.78, 5) is 6.79. The Hall–Kier alpha value is -2.51. The van der Waals surface area contributed by atoms with Crippen LogP contribution in [0.5, 0.6) is 0 Å². The molecule has 1 aliphatic rings. The number of aryl methyl sites for hydroxylation is 1. The normalized spacial score (nSPS) is 18.5. The van der Waals surface area contributed by atoms with Crippen LogP contribution in [0.1, 0.15) is 24.4 Å². The first-order valence-corrected chi connectivity index (χ1v) is 8.64. The second kappa shape index (κ2) is 7.16. The van der Waals surface area contributed by atoms with E-state index in [9.17, 15) is 0 Å². The number of ether oxygens (including phenoxy) is 1. The van der Waals surface area contributed by atoms with Crippen molar-refractivity contribution in [3.8, 4) is 5.69 Å². The number of rotatable bonds is 5. The number of para-hydroxylation sites is 1. The largest absolute Gasteiger partial charge is 0.371 e. The second-order valence-electron chi connectivity index (χ2n) is 6.16. The van der Waals surface area contributed by atoms with Gasteiger partial charge in [0.25, 0.3) is 0 Å². The highest BCUT2D eigenvalue weighted by molar-refractivity contribution is 5.29. The van der Waals surface area contributed by atoms with Crippen LogP contribution in [0.3, 0.4) is 0 Å². The molecule has 4 rings (SSSR count). The fraction of sp³-hybridized carbons (Fsp3) is 0.389. The van der Waals surface area contributed by atoms with E-state index in [0.717, 1.165) is 43.3 Å². The first-order valence-electron chi connectivity index (χ1n) is 8.64. The van der Waals surface area contributed by atoms with E-state index in [0.29, 0.717) is 6.61 Å². The molecule has 0 spiro atoms. The molecule has 1 aliphatic heterocycles. The zero-order valence-electron chi connectivity index (χ0n) is 14.3. The van der Waals surface area contributed by atoms with Gasteiger partial charge in [-0.3, -0.25) is 9.58 Å². The van der Waals surface area contributed by atoms with E-state index in [1.165, 1.54) is 0 Å². The Morgan fingerprint density at radius 3 is 2.92 bits per heavy atom. The van der Waals surface area contributed by atoms with Crippen LogP contribution in [0.4, 0.5) is 0 Å². The monoisotopic (exact) mass is 338 g/mol. The van der Waals surface area contributed by atoms with Crippen molar-refractivity contribution in [3.05, 3.63) is 60.4 Å². The number of aromatic nitrogens is 5. The van der Waals surface area contributed by atoms with Crippen LogP contribution < -0.4 is 0 Å². The maximum Gasteiger partial charge on any atom is 0.164 e. The third kappa shape index (κ3) is 3.62. The second-order valence-corrected chi connectivity index (χ2v) is 6.16. The molecule has 0 bridgehead atoms. The molecule has 0 radical (unpaired) electrons. The SMILES string of the molecule is CCn1cc([C@@H]2CN(Cc3ncn(-c4ccccc4)n3)CCO2)cn1. The molecule has 25 heavy (non-hydrogen) atoms. The van der Waals surface area contributed by atoms with Crippen LogP contribution in [0.25, 0.3) is 5.69 Å². The van der Waals surface area contributed by atoms with E-state index < -0.39 is 0 Å². The standard InChI is InChI=1S/C18H22N6O/c1-2-23-11-15(10-20-23)17-12-22(8-9-25-17)13-18-19-14-24(21-18)16-6-4-3-5-7-16/h3-7,10-11,14,17H,2,8-9,12-13H2,1H3/t17-/m0/s1. The molecular formula is C18H22N6O. The minimum absolute atomic E-state index is 0.0604. The smallest absolute Gasteiger partial charge is 0.164 e. The molecule has 2 aromatic heterocycles. The van der Waals surface area contributed by atoms with Crippen LogP contribution >= 0.6 is 0 Å². The summed E-state index contributed by atoms with van der Waals surface area (Å²) in [5, 5.41) is 8.94. The van der Waals surface area contributed by atoms with Gasteiger partial charge in [-0.25, -0.2) is 9.67 Å². The summed E-state index contributed by atoms with van der Waals surface area (Å²) in [6, 6.07) is 10.0. The summed E-state index contributed by atoms with van der Waals surface area (Å²) in [5.41, 5.74) is 2.16. The van der Waals surface area contributed by atoms with Crippen LogP contribution in [0.2, 0.25) is 0 Å². The maximum atomic E-state index is 5.92. The number of morpholine rings is 1. The minimum atomic E-state index is 0.0604. The highest BCUT2D eigenvalue weighted by Gasteiger charge is 2.24. The lowest BCUT2D eigenvalue weighted by molar-refractivity contribution is -0.0337. The lowest BCUT2D eigenvalue weighted by atomic mass is 10.1. The molecule has 7 nitrogen and oxygen atoms in total. The lowest BCUT2D eigenvalue weighted by Gasteiger charge is -2.31. The van der Waals surface area contributed by atoms with E-state index in [1.807, 2.05) is 45.9 Å². The van der Waals surface area contributed by atoms with Gasteiger partial charge in [0.1, 0.15) is 6.33 Å². The molecule has 3 aromatic rings. The molecule has 0 unspecified atom stereocenters. The highest BCUT2D eigenvalue weighted by atomic mass is 16.5. The first-order chi connectivity index (χ1) is 12.3. The molecule has 7 heteroatoms. The van der Waals surface area contributed by atoms with E-state index in [1.54, 1.807) is 6.33 Å². The number of hydrogen-bond acceptors (Lipinski definition) is 5. The molecule has 0 saturated carbocycles. The average molecular weight is 338 g/mol. The number of nitrogens with zero attached hydrogens (tertiary/aromatic N) is 6. The first kappa shape index (κ1) is 16.0. The number of benzene rings is 1. The van der Waals surface area contributed by atoms with Crippen molar-refractivity contribution in [3.63, 3.8) is 0 Å². The molecule has 0 aliphatic carbocycles. The minimum Gasteiger partial charge on any atom is -0.371 e. The summed E-state index contributed by atoms with van der Waals surface area (Å²) < 4.78 is 9.67. The zero-order valence-corrected chi connectivity index (χ0v) is 14.3. The quantitative estimate of drug-likeness (QED) is 0.713. The van der Waals surface area contributed by atoms with Crippen molar-refractivity contribution in [2.24, 2.45) is 0 Å². The van der Waals surface area contributed by atoms with Crippen LogP contribution in [0.15, 0.2) is 49.1 Å². The Labute approximate surface area is 146 Å². The van der Waals surface area contributed by atoms with Gasteiger partial charge in [0.15, 0.2) is 5.82 Å². The van der Waals surface area contributed by atoms with Crippen molar-refractivity contribution in [1.29, 1.82) is 0 Å². The van der Waals surface area contributed by atoms with Crippen LogP contribution in [-0.4, -0.2) is 49.1 Å². The van der Waals surface area contributed by atoms with Gasteiger partial charge in [0.2, 0.25) is 0 Å². The van der Waals surface area contributed by atoms with Gasteiger partial charge < -0.3 is 4.74 Å². The third-order valence-electron chi connectivity index (χ3n) is 4.42. The molecule has 3 heterocycles. The Morgan fingerprint density at radius 2 is 2.12 bits per heavy atom. The summed E-state index contributed by atoms with van der Waals surface area (Å²) in [5.74, 6) is 0.828. The van der Waals surface area contributed by atoms with Crippen molar-refractivity contribution in [1.82, 2.24) is 29.4 Å². The fourth-order valence-electron chi connectivity index (χ4n) is 3.04. The van der Waals surface area contributed by atoms with Gasteiger partial charge in [-0.2, -0.15) is 5.10 Å². The topological polar surface area (TPSA) is 61.0 Å². The molecule has 1 fully saturated rings. The highest BCUT2D eigenvalue weighted by Crippen LogP contribution is 2.22. The number of hydrogen-bond donors (Lipinski definition) is 0. The van der Waals surface area contributed by atoms with Crippen molar-refractivity contribution >= 4 is 0 Å². The predicted molar refractivity (Wildman–Crippen MR) is 93.2 cm³/mol. The van der Waals surface area contributed by atoms with Gasteiger partial charge in [0.05, 0.1) is 31.1 Å². The van der Waals surface area contributed by atoms with E-state index >= 15 is 0 Å². The Kier molecular flexibility index (Phi) is 4.58. The van der Waals surface area contributed by atoms with Crippen molar-refractivity contribution < 1.29 is 4.74 Å². The van der Waals surface area contributed by atoms with Crippen LogP contribution in [0, 0.1) is 0 Å². The third-order valence-corrected chi connectivity index (χ3v) is 4.42. The summed E-state index contributed by atoms with van der Waals surface area (Å²) in [7, 11) is 0. The summed E-state index contributed by atoms with van der Waals surface area (Å²) in [6.07, 6.45) is 5.80. The van der Waals surface area contributed by atoms with Gasteiger partial charge in [0, 0.05) is 31.4 Å². The molecule has 1 saturated heterocycles. The molecule has 0 N–H and O–H groups in total. The van der Waals surface area contributed by atoms with E-state index in [4.69, 9.17) is 4.74 Å². The lowest BCUT2D eigenvalue weighted by Crippen LogP contribution is -2.38. The molecule has 0 amide bonds. The fourth-order valence-corrected chi connectivity index (χ4v) is 3.04. The predicted octanol–water partition coefficient (Wildman–Crippen LogP) is 2.06.